The van der Waals surface area contributed by atoms with Crippen LogP contribution >= 0.6 is 0 Å². The fourth-order valence-corrected chi connectivity index (χ4v) is 4.34. The number of imidazole rings is 1. The molecule has 5 rings (SSSR count). The summed E-state index contributed by atoms with van der Waals surface area (Å²) in [5.74, 6) is 1.60. The van der Waals surface area contributed by atoms with Crippen molar-refractivity contribution in [1.29, 1.82) is 0 Å². The van der Waals surface area contributed by atoms with E-state index in [-0.39, 0.29) is 0 Å². The summed E-state index contributed by atoms with van der Waals surface area (Å²) in [5, 5.41) is 1.34. The third-order valence-electron chi connectivity index (χ3n) is 5.76. The largest absolute Gasteiger partial charge is 0.361 e. The molecule has 4 aromatic rings. The third kappa shape index (κ3) is 3.06. The highest BCUT2D eigenvalue weighted by Gasteiger charge is 2.26. The number of rotatable bonds is 4. The van der Waals surface area contributed by atoms with Gasteiger partial charge in [0.25, 0.3) is 0 Å². The molecule has 0 amide bonds. The van der Waals surface area contributed by atoms with Crippen molar-refractivity contribution in [2.24, 2.45) is 0 Å². The Morgan fingerprint density at radius 1 is 1.15 bits per heavy atom. The molecule has 1 unspecified atom stereocenters. The maximum Gasteiger partial charge on any atom is 0.110 e. The van der Waals surface area contributed by atoms with Gasteiger partial charge in [0.2, 0.25) is 0 Å². The molecule has 136 valence electrons. The minimum Gasteiger partial charge on any atom is -0.361 e. The van der Waals surface area contributed by atoms with Gasteiger partial charge in [-0.25, -0.2) is 4.98 Å². The van der Waals surface area contributed by atoms with Crippen molar-refractivity contribution in [2.45, 2.75) is 25.8 Å². The predicted octanol–water partition coefficient (Wildman–Crippen LogP) is 4.65. The average Bonchev–Trinajstić information content (AvgIpc) is 3.41. The molecule has 2 aromatic heterocycles. The van der Waals surface area contributed by atoms with Gasteiger partial charge in [0, 0.05) is 48.3 Å². The lowest BCUT2D eigenvalue weighted by Crippen LogP contribution is -2.19. The quantitative estimate of drug-likeness (QED) is 0.578. The topological polar surface area (TPSA) is 36.9 Å². The Labute approximate surface area is 159 Å². The van der Waals surface area contributed by atoms with Crippen LogP contribution in [0.2, 0.25) is 0 Å². The van der Waals surface area contributed by atoms with Gasteiger partial charge in [-0.2, -0.15) is 0 Å². The van der Waals surface area contributed by atoms with Crippen molar-refractivity contribution in [3.05, 3.63) is 84.1 Å². The van der Waals surface area contributed by atoms with Crippen LogP contribution in [0.1, 0.15) is 29.3 Å². The second kappa shape index (κ2) is 6.71. The summed E-state index contributed by atoms with van der Waals surface area (Å²) < 4.78 is 2.15. The van der Waals surface area contributed by atoms with E-state index < -0.39 is 0 Å². The summed E-state index contributed by atoms with van der Waals surface area (Å²) in [6.07, 6.45) is 7.32. The molecule has 0 saturated carbocycles. The van der Waals surface area contributed by atoms with E-state index >= 15 is 0 Å². The number of benzene rings is 2. The van der Waals surface area contributed by atoms with E-state index in [9.17, 15) is 0 Å². The highest BCUT2D eigenvalue weighted by molar-refractivity contribution is 5.85. The smallest absolute Gasteiger partial charge is 0.110 e. The van der Waals surface area contributed by atoms with Crippen LogP contribution in [0.5, 0.6) is 0 Å². The van der Waals surface area contributed by atoms with Gasteiger partial charge in [-0.05, 0) is 55.1 Å². The summed E-state index contributed by atoms with van der Waals surface area (Å²) in [6.45, 7) is 5.36. The molecule has 0 radical (unpaired) electrons. The molecule has 27 heavy (non-hydrogen) atoms. The predicted molar refractivity (Wildman–Crippen MR) is 109 cm³/mol. The SMILES string of the molecule is Cc1nccn1-c1ccc2[nH]cc(C3CCN(Cc4ccccc4)C3)c2c1. The number of H-pyrrole nitrogens is 1. The van der Waals surface area contributed by atoms with Crippen molar-refractivity contribution < 1.29 is 0 Å². The van der Waals surface area contributed by atoms with Crippen molar-refractivity contribution in [3.63, 3.8) is 0 Å². The standard InChI is InChI=1S/C23H24N4/c1-17-24-10-12-27(17)20-7-8-23-21(13-20)22(14-25-23)19-9-11-26(16-19)15-18-5-3-2-4-6-18/h2-8,10,12-14,19,25H,9,11,15-16H2,1H3. The Hall–Kier alpha value is -2.85. The zero-order valence-corrected chi connectivity index (χ0v) is 15.6. The summed E-state index contributed by atoms with van der Waals surface area (Å²) in [5.41, 5.74) is 5.24. The number of aromatic nitrogens is 3. The van der Waals surface area contributed by atoms with Gasteiger partial charge in [0.15, 0.2) is 0 Å². The molecule has 4 nitrogen and oxygen atoms in total. The zero-order chi connectivity index (χ0) is 18.2. The number of aromatic amines is 1. The van der Waals surface area contributed by atoms with E-state index in [0.717, 1.165) is 25.5 Å². The van der Waals surface area contributed by atoms with E-state index in [4.69, 9.17) is 0 Å². The molecule has 1 aliphatic heterocycles. The van der Waals surface area contributed by atoms with Gasteiger partial charge in [0.05, 0.1) is 0 Å². The Morgan fingerprint density at radius 2 is 2.04 bits per heavy atom. The van der Waals surface area contributed by atoms with Crippen molar-refractivity contribution >= 4 is 10.9 Å². The lowest BCUT2D eigenvalue weighted by molar-refractivity contribution is 0.327. The summed E-state index contributed by atoms with van der Waals surface area (Å²) in [6, 6.07) is 17.4. The van der Waals surface area contributed by atoms with Crippen molar-refractivity contribution in [1.82, 2.24) is 19.4 Å². The first-order chi connectivity index (χ1) is 13.3. The molecule has 4 heteroatoms. The fraction of sp³-hybridized carbons (Fsp3) is 0.261. The van der Waals surface area contributed by atoms with Crippen molar-refractivity contribution in [2.75, 3.05) is 13.1 Å². The molecule has 0 aliphatic carbocycles. The normalized spacial score (nSPS) is 17.7. The highest BCUT2D eigenvalue weighted by atomic mass is 15.1. The Morgan fingerprint density at radius 3 is 2.85 bits per heavy atom. The lowest BCUT2D eigenvalue weighted by Gasteiger charge is -2.16. The van der Waals surface area contributed by atoms with Crippen LogP contribution < -0.4 is 0 Å². The van der Waals surface area contributed by atoms with Gasteiger partial charge in [-0.3, -0.25) is 4.90 Å². The van der Waals surface area contributed by atoms with E-state index in [1.807, 2.05) is 19.3 Å². The first-order valence-corrected chi connectivity index (χ1v) is 9.65. The number of hydrogen-bond donors (Lipinski definition) is 1. The monoisotopic (exact) mass is 356 g/mol. The minimum absolute atomic E-state index is 0.585. The first kappa shape index (κ1) is 16.3. The number of nitrogens with one attached hydrogen (secondary N) is 1. The molecule has 1 N–H and O–H groups in total. The van der Waals surface area contributed by atoms with E-state index in [0.29, 0.717) is 5.92 Å². The number of aryl methyl sites for hydroxylation is 1. The van der Waals surface area contributed by atoms with E-state index in [1.54, 1.807) is 0 Å². The number of hydrogen-bond acceptors (Lipinski definition) is 2. The van der Waals surface area contributed by atoms with Crippen LogP contribution in [0, 0.1) is 6.92 Å². The van der Waals surface area contributed by atoms with Gasteiger partial charge < -0.3 is 9.55 Å². The maximum atomic E-state index is 4.36. The second-order valence-electron chi connectivity index (χ2n) is 7.52. The Bertz CT molecular complexity index is 1060. The van der Waals surface area contributed by atoms with Gasteiger partial charge in [0.1, 0.15) is 5.82 Å². The van der Waals surface area contributed by atoms with Crippen LogP contribution in [-0.2, 0) is 6.54 Å². The molecule has 1 saturated heterocycles. The fourth-order valence-electron chi connectivity index (χ4n) is 4.34. The summed E-state index contributed by atoms with van der Waals surface area (Å²) >= 11 is 0. The van der Waals surface area contributed by atoms with Crippen LogP contribution in [0.4, 0.5) is 0 Å². The molecule has 1 aliphatic rings. The molecular formula is C23H24N4. The minimum atomic E-state index is 0.585. The zero-order valence-electron chi connectivity index (χ0n) is 15.6. The second-order valence-corrected chi connectivity index (χ2v) is 7.52. The third-order valence-corrected chi connectivity index (χ3v) is 5.76. The first-order valence-electron chi connectivity index (χ1n) is 9.65. The molecule has 1 fully saturated rings. The number of nitrogens with zero attached hydrogens (tertiary/aromatic N) is 3. The maximum absolute atomic E-state index is 4.36. The van der Waals surface area contributed by atoms with Crippen LogP contribution in [0.25, 0.3) is 16.6 Å². The van der Waals surface area contributed by atoms with Gasteiger partial charge in [-0.1, -0.05) is 30.3 Å². The van der Waals surface area contributed by atoms with Gasteiger partial charge >= 0.3 is 0 Å². The summed E-state index contributed by atoms with van der Waals surface area (Å²) in [4.78, 5) is 10.4. The number of fused-ring (bicyclic) bond motifs is 1. The van der Waals surface area contributed by atoms with Crippen LogP contribution in [-0.4, -0.2) is 32.5 Å². The molecule has 1 atom stereocenters. The molecule has 0 spiro atoms. The van der Waals surface area contributed by atoms with Crippen LogP contribution in [0.3, 0.4) is 0 Å². The molecule has 0 bridgehead atoms. The van der Waals surface area contributed by atoms with E-state index in [2.05, 4.69) is 74.2 Å². The summed E-state index contributed by atoms with van der Waals surface area (Å²) in [7, 11) is 0. The molecular weight excluding hydrogens is 332 g/mol. The highest BCUT2D eigenvalue weighted by Crippen LogP contribution is 2.34. The Kier molecular flexibility index (Phi) is 4.06. The Balaban J connectivity index is 1.41. The molecule has 3 heterocycles. The van der Waals surface area contributed by atoms with Crippen molar-refractivity contribution in [3.8, 4) is 5.69 Å². The molecule has 2 aromatic carbocycles. The lowest BCUT2D eigenvalue weighted by atomic mass is 9.97. The number of likely N-dealkylation sites (tertiary alicyclic amines) is 1. The van der Waals surface area contributed by atoms with Gasteiger partial charge in [-0.15, -0.1) is 0 Å². The van der Waals surface area contributed by atoms with Crippen LogP contribution in [0.15, 0.2) is 67.1 Å². The van der Waals surface area contributed by atoms with E-state index in [1.165, 1.54) is 34.1 Å². The average molecular weight is 356 g/mol.